The van der Waals surface area contributed by atoms with Crippen LogP contribution in [0.4, 0.5) is 5.69 Å². The lowest BCUT2D eigenvalue weighted by Gasteiger charge is -2.28. The Bertz CT molecular complexity index is 1290. The first kappa shape index (κ1) is 20.2. The van der Waals surface area contributed by atoms with Crippen molar-refractivity contribution in [1.29, 1.82) is 0 Å². The van der Waals surface area contributed by atoms with E-state index in [-0.39, 0.29) is 11.3 Å². The number of nitrogens with zero attached hydrogens (tertiary/aromatic N) is 3. The zero-order valence-electron chi connectivity index (χ0n) is 18.3. The van der Waals surface area contributed by atoms with Crippen molar-refractivity contribution in [2.45, 2.75) is 26.2 Å². The topological polar surface area (TPSA) is 71.9 Å². The van der Waals surface area contributed by atoms with Gasteiger partial charge >= 0.3 is 5.56 Å². The summed E-state index contributed by atoms with van der Waals surface area (Å²) < 4.78 is 12.7. The number of benzene rings is 2. The van der Waals surface area contributed by atoms with Gasteiger partial charge in [-0.1, -0.05) is 30.3 Å². The Kier molecular flexibility index (Phi) is 5.31. The van der Waals surface area contributed by atoms with Gasteiger partial charge in [0.15, 0.2) is 5.65 Å². The molecule has 0 spiro atoms. The summed E-state index contributed by atoms with van der Waals surface area (Å²) in [7, 11) is 1.61. The Balaban J connectivity index is 1.65. The molecule has 1 aliphatic heterocycles. The number of H-pyrrole nitrogens is 1. The lowest BCUT2D eigenvalue weighted by atomic mass is 10.1. The summed E-state index contributed by atoms with van der Waals surface area (Å²) in [4.78, 5) is 20.6. The predicted octanol–water partition coefficient (Wildman–Crippen LogP) is 4.79. The second-order valence-electron chi connectivity index (χ2n) is 8.02. The molecule has 0 radical (unpaired) electrons. The predicted molar refractivity (Wildman–Crippen MR) is 125 cm³/mol. The summed E-state index contributed by atoms with van der Waals surface area (Å²) in [5, 5.41) is 3.32. The standard InChI is InChI=1S/C25H26N4O3/c1-17-23(32-20-13-11-19(31-2)12-14-20)25(30)29-24(26-17)22(28-15-7-4-8-16-28)21(27-29)18-9-5-3-6-10-18/h3,5-6,9-14,27H,4,7-8,15-16H2,1-2H3. The Morgan fingerprint density at radius 3 is 2.31 bits per heavy atom. The molecule has 0 bridgehead atoms. The fourth-order valence-corrected chi connectivity index (χ4v) is 4.25. The van der Waals surface area contributed by atoms with Crippen molar-refractivity contribution < 1.29 is 9.47 Å². The second-order valence-corrected chi connectivity index (χ2v) is 8.02. The minimum absolute atomic E-state index is 0.207. The second kappa shape index (κ2) is 8.42. The third-order valence-corrected chi connectivity index (χ3v) is 5.90. The Morgan fingerprint density at radius 1 is 0.938 bits per heavy atom. The van der Waals surface area contributed by atoms with E-state index in [1.807, 2.05) is 37.3 Å². The number of anilines is 1. The molecule has 164 valence electrons. The summed E-state index contributed by atoms with van der Waals surface area (Å²) in [5.41, 5.74) is 3.83. The molecule has 2 aromatic heterocycles. The van der Waals surface area contributed by atoms with E-state index >= 15 is 0 Å². The van der Waals surface area contributed by atoms with E-state index in [0.717, 1.165) is 48.6 Å². The van der Waals surface area contributed by atoms with Crippen molar-refractivity contribution in [1.82, 2.24) is 14.6 Å². The average Bonchev–Trinajstić information content (AvgIpc) is 3.22. The van der Waals surface area contributed by atoms with Gasteiger partial charge in [-0.15, -0.1) is 0 Å². The summed E-state index contributed by atoms with van der Waals surface area (Å²) in [6.07, 6.45) is 3.49. The monoisotopic (exact) mass is 430 g/mol. The van der Waals surface area contributed by atoms with Crippen molar-refractivity contribution in [3.8, 4) is 28.5 Å². The van der Waals surface area contributed by atoms with Crippen LogP contribution in [0, 0.1) is 6.92 Å². The zero-order valence-corrected chi connectivity index (χ0v) is 18.3. The molecular formula is C25H26N4O3. The molecule has 7 nitrogen and oxygen atoms in total. The molecule has 0 saturated carbocycles. The molecule has 0 amide bonds. The minimum atomic E-state index is -0.260. The van der Waals surface area contributed by atoms with E-state index in [0.29, 0.717) is 17.1 Å². The number of piperidine rings is 1. The van der Waals surface area contributed by atoms with Crippen LogP contribution >= 0.6 is 0 Å². The number of hydrogen-bond acceptors (Lipinski definition) is 5. The lowest BCUT2D eigenvalue weighted by molar-refractivity contribution is 0.412. The number of rotatable bonds is 5. The lowest BCUT2D eigenvalue weighted by Crippen LogP contribution is -2.30. The van der Waals surface area contributed by atoms with Gasteiger partial charge in [0.25, 0.3) is 0 Å². The molecule has 0 unspecified atom stereocenters. The van der Waals surface area contributed by atoms with Gasteiger partial charge in [0.05, 0.1) is 18.5 Å². The van der Waals surface area contributed by atoms with Crippen molar-refractivity contribution >= 4 is 11.3 Å². The average molecular weight is 431 g/mol. The third-order valence-electron chi connectivity index (χ3n) is 5.90. The molecule has 32 heavy (non-hydrogen) atoms. The summed E-state index contributed by atoms with van der Waals surface area (Å²) in [5.74, 6) is 1.49. The van der Waals surface area contributed by atoms with Gasteiger partial charge in [0.2, 0.25) is 5.75 Å². The molecule has 1 fully saturated rings. The molecule has 1 saturated heterocycles. The van der Waals surface area contributed by atoms with Crippen LogP contribution in [0.5, 0.6) is 17.2 Å². The largest absolute Gasteiger partial charge is 0.497 e. The number of ether oxygens (including phenoxy) is 2. The first-order chi connectivity index (χ1) is 15.7. The highest BCUT2D eigenvalue weighted by atomic mass is 16.5. The van der Waals surface area contributed by atoms with Crippen LogP contribution in [0.1, 0.15) is 25.0 Å². The van der Waals surface area contributed by atoms with Crippen molar-refractivity contribution in [3.05, 3.63) is 70.6 Å². The van der Waals surface area contributed by atoms with Crippen LogP contribution in [0.2, 0.25) is 0 Å². The fourth-order valence-electron chi connectivity index (χ4n) is 4.25. The number of hydrogen-bond donors (Lipinski definition) is 1. The molecule has 3 heterocycles. The normalized spacial score (nSPS) is 14.0. The van der Waals surface area contributed by atoms with E-state index in [2.05, 4.69) is 10.00 Å². The van der Waals surface area contributed by atoms with Gasteiger partial charge in [0, 0.05) is 18.7 Å². The molecule has 1 aliphatic rings. The van der Waals surface area contributed by atoms with Crippen LogP contribution in [-0.2, 0) is 0 Å². The third kappa shape index (κ3) is 3.60. The van der Waals surface area contributed by atoms with Gasteiger partial charge in [-0.25, -0.2) is 4.98 Å². The van der Waals surface area contributed by atoms with Gasteiger partial charge in [0.1, 0.15) is 17.2 Å². The summed E-state index contributed by atoms with van der Waals surface area (Å²) in [6, 6.07) is 17.2. The first-order valence-corrected chi connectivity index (χ1v) is 10.9. The van der Waals surface area contributed by atoms with Gasteiger partial charge in [-0.2, -0.15) is 4.52 Å². The van der Waals surface area contributed by atoms with Crippen LogP contribution < -0.4 is 19.9 Å². The fraction of sp³-hybridized carbons (Fsp3) is 0.280. The van der Waals surface area contributed by atoms with Crippen LogP contribution in [0.15, 0.2) is 59.4 Å². The molecule has 0 aliphatic carbocycles. The van der Waals surface area contributed by atoms with Gasteiger partial charge in [-0.05, 0) is 50.5 Å². The van der Waals surface area contributed by atoms with Crippen molar-refractivity contribution in [2.75, 3.05) is 25.1 Å². The molecule has 4 aromatic rings. The van der Waals surface area contributed by atoms with E-state index in [4.69, 9.17) is 14.5 Å². The van der Waals surface area contributed by atoms with E-state index in [1.165, 1.54) is 10.9 Å². The molecule has 0 atom stereocenters. The summed E-state index contributed by atoms with van der Waals surface area (Å²) >= 11 is 0. The first-order valence-electron chi connectivity index (χ1n) is 10.9. The van der Waals surface area contributed by atoms with Crippen LogP contribution in [0.25, 0.3) is 16.9 Å². The van der Waals surface area contributed by atoms with Crippen molar-refractivity contribution in [2.24, 2.45) is 0 Å². The van der Waals surface area contributed by atoms with Crippen LogP contribution in [-0.4, -0.2) is 34.8 Å². The number of fused-ring (bicyclic) bond motifs is 1. The van der Waals surface area contributed by atoms with Gasteiger partial charge < -0.3 is 14.4 Å². The maximum atomic E-state index is 13.5. The molecule has 1 N–H and O–H groups in total. The number of methoxy groups -OCH3 is 1. The van der Waals surface area contributed by atoms with E-state index < -0.39 is 0 Å². The van der Waals surface area contributed by atoms with Crippen molar-refractivity contribution in [3.63, 3.8) is 0 Å². The molecular weight excluding hydrogens is 404 g/mol. The Labute approximate surface area is 186 Å². The van der Waals surface area contributed by atoms with Gasteiger partial charge in [-0.3, -0.25) is 9.89 Å². The number of aromatic nitrogens is 3. The Hall–Kier alpha value is -3.74. The maximum Gasteiger partial charge on any atom is 0.316 e. The SMILES string of the molecule is COc1ccc(Oc2c(C)nc3c(N4CCCCC4)c(-c4ccccc4)[nH]n3c2=O)cc1. The zero-order chi connectivity index (χ0) is 22.1. The number of aryl methyl sites for hydroxylation is 1. The Morgan fingerprint density at radius 2 is 1.62 bits per heavy atom. The number of aromatic amines is 1. The van der Waals surface area contributed by atoms with Crippen LogP contribution in [0.3, 0.4) is 0 Å². The molecule has 7 heteroatoms. The highest BCUT2D eigenvalue weighted by Gasteiger charge is 2.25. The maximum absolute atomic E-state index is 13.5. The highest BCUT2D eigenvalue weighted by molar-refractivity contribution is 5.86. The molecule has 5 rings (SSSR count). The molecule has 2 aromatic carbocycles. The van der Waals surface area contributed by atoms with E-state index in [9.17, 15) is 4.79 Å². The number of nitrogens with one attached hydrogen (secondary N) is 1. The quantitative estimate of drug-likeness (QED) is 0.493. The minimum Gasteiger partial charge on any atom is -0.497 e. The smallest absolute Gasteiger partial charge is 0.316 e. The van der Waals surface area contributed by atoms with E-state index in [1.54, 1.807) is 31.4 Å². The highest BCUT2D eigenvalue weighted by Crippen LogP contribution is 2.35. The summed E-state index contributed by atoms with van der Waals surface area (Å²) in [6.45, 7) is 3.72.